The van der Waals surface area contributed by atoms with Gasteiger partial charge >= 0.3 is 10.1 Å². The van der Waals surface area contributed by atoms with Crippen molar-refractivity contribution in [2.75, 3.05) is 32.5 Å². The van der Waals surface area contributed by atoms with Gasteiger partial charge in [0.1, 0.15) is 5.75 Å². The largest absolute Gasteiger partial charge is 0.383 e. The molecular formula is C13H19NO4S. The zero-order valence-electron chi connectivity index (χ0n) is 11.2. The highest BCUT2D eigenvalue weighted by Gasteiger charge is 2.20. The number of likely N-dealkylation sites (N-methyl/N-ethyl adjacent to an activating group) is 1. The van der Waals surface area contributed by atoms with Crippen molar-refractivity contribution in [1.82, 2.24) is 4.90 Å². The molecule has 2 rings (SSSR count). The molecule has 0 N–H and O–H groups in total. The van der Waals surface area contributed by atoms with Crippen molar-refractivity contribution in [3.05, 3.63) is 29.8 Å². The lowest BCUT2D eigenvalue weighted by molar-refractivity contribution is -0.0281. The summed E-state index contributed by atoms with van der Waals surface area (Å²) in [6.07, 6.45) is 1.07. The number of benzene rings is 1. The smallest absolute Gasteiger partial charge is 0.306 e. The number of hydrogen-bond acceptors (Lipinski definition) is 5. The number of nitrogens with zero attached hydrogens (tertiary/aromatic N) is 1. The fourth-order valence-corrected chi connectivity index (χ4v) is 2.56. The van der Waals surface area contributed by atoms with E-state index in [2.05, 4.69) is 11.8 Å². The van der Waals surface area contributed by atoms with Crippen LogP contribution in [0.1, 0.15) is 18.6 Å². The first-order chi connectivity index (χ1) is 8.98. The van der Waals surface area contributed by atoms with E-state index < -0.39 is 10.1 Å². The highest BCUT2D eigenvalue weighted by Crippen LogP contribution is 2.24. The summed E-state index contributed by atoms with van der Waals surface area (Å²) >= 11 is 0. The minimum atomic E-state index is -3.47. The summed E-state index contributed by atoms with van der Waals surface area (Å²) in [5.41, 5.74) is 1.04. The Morgan fingerprint density at radius 2 is 2.05 bits per heavy atom. The van der Waals surface area contributed by atoms with E-state index in [1.54, 1.807) is 12.1 Å². The monoisotopic (exact) mass is 285 g/mol. The van der Waals surface area contributed by atoms with Gasteiger partial charge in [-0.1, -0.05) is 19.1 Å². The molecule has 1 aliphatic heterocycles. The average Bonchev–Trinajstić information content (AvgIpc) is 2.38. The summed E-state index contributed by atoms with van der Waals surface area (Å²) in [5.74, 6) is 0.328. The van der Waals surface area contributed by atoms with Crippen molar-refractivity contribution in [2.24, 2.45) is 0 Å². The van der Waals surface area contributed by atoms with E-state index in [4.69, 9.17) is 8.92 Å². The molecule has 1 aromatic rings. The van der Waals surface area contributed by atoms with Gasteiger partial charge in [-0.25, -0.2) is 0 Å². The molecule has 1 fully saturated rings. The second-order valence-corrected chi connectivity index (χ2v) is 6.18. The van der Waals surface area contributed by atoms with Crippen LogP contribution in [0.4, 0.5) is 0 Å². The third kappa shape index (κ3) is 4.19. The van der Waals surface area contributed by atoms with Crippen LogP contribution >= 0.6 is 0 Å². The highest BCUT2D eigenvalue weighted by molar-refractivity contribution is 7.86. The van der Waals surface area contributed by atoms with Crippen LogP contribution in [0.5, 0.6) is 5.75 Å². The summed E-state index contributed by atoms with van der Waals surface area (Å²) < 4.78 is 32.6. The Bertz CT molecular complexity index is 512. The topological polar surface area (TPSA) is 55.8 Å². The molecule has 0 unspecified atom stereocenters. The van der Waals surface area contributed by atoms with Crippen molar-refractivity contribution < 1.29 is 17.3 Å². The van der Waals surface area contributed by atoms with Gasteiger partial charge in [-0.3, -0.25) is 4.90 Å². The first-order valence-electron chi connectivity index (χ1n) is 6.31. The molecule has 0 radical (unpaired) electrons. The van der Waals surface area contributed by atoms with Gasteiger partial charge in [-0.15, -0.1) is 0 Å². The Morgan fingerprint density at radius 3 is 2.63 bits per heavy atom. The Labute approximate surface area is 114 Å². The molecule has 1 heterocycles. The maximum absolute atomic E-state index is 11.0. The molecule has 6 heteroatoms. The Hall–Kier alpha value is -1.11. The Morgan fingerprint density at radius 1 is 1.37 bits per heavy atom. The minimum absolute atomic E-state index is 0.0426. The number of ether oxygens (including phenoxy) is 1. The lowest BCUT2D eigenvalue weighted by Crippen LogP contribution is -2.38. The summed E-state index contributed by atoms with van der Waals surface area (Å²) in [4.78, 5) is 2.33. The summed E-state index contributed by atoms with van der Waals surface area (Å²) in [7, 11) is -3.47. The molecule has 1 saturated heterocycles. The zero-order chi connectivity index (χ0) is 13.9. The van der Waals surface area contributed by atoms with Gasteiger partial charge < -0.3 is 8.92 Å². The Balaban J connectivity index is 2.05. The van der Waals surface area contributed by atoms with Crippen molar-refractivity contribution in [1.29, 1.82) is 0 Å². The third-order valence-corrected chi connectivity index (χ3v) is 3.59. The number of morpholine rings is 1. The van der Waals surface area contributed by atoms with E-state index in [0.29, 0.717) is 5.75 Å². The summed E-state index contributed by atoms with van der Waals surface area (Å²) in [5, 5.41) is 0. The number of rotatable bonds is 4. The predicted molar refractivity (Wildman–Crippen MR) is 72.7 cm³/mol. The van der Waals surface area contributed by atoms with Gasteiger partial charge in [0.05, 0.1) is 19.0 Å². The molecular weight excluding hydrogens is 266 g/mol. The van der Waals surface area contributed by atoms with E-state index in [1.165, 1.54) is 0 Å². The van der Waals surface area contributed by atoms with Crippen molar-refractivity contribution in [2.45, 2.75) is 13.0 Å². The maximum Gasteiger partial charge on any atom is 0.306 e. The van der Waals surface area contributed by atoms with Crippen LogP contribution in [-0.2, 0) is 14.9 Å². The van der Waals surface area contributed by atoms with Crippen LogP contribution in [0.3, 0.4) is 0 Å². The minimum Gasteiger partial charge on any atom is -0.383 e. The van der Waals surface area contributed by atoms with Gasteiger partial charge in [0.25, 0.3) is 0 Å². The molecule has 0 amide bonds. The molecule has 0 spiro atoms. The fraction of sp³-hybridized carbons (Fsp3) is 0.538. The van der Waals surface area contributed by atoms with Gasteiger partial charge in [0.2, 0.25) is 0 Å². The van der Waals surface area contributed by atoms with Gasteiger partial charge in [-0.2, -0.15) is 8.42 Å². The van der Waals surface area contributed by atoms with Crippen molar-refractivity contribution in [3.8, 4) is 5.75 Å². The normalized spacial score (nSPS) is 21.3. The quantitative estimate of drug-likeness (QED) is 0.783. The third-order valence-electron chi connectivity index (χ3n) is 3.10. The van der Waals surface area contributed by atoms with Gasteiger partial charge in [0, 0.05) is 13.1 Å². The maximum atomic E-state index is 11.0. The van der Waals surface area contributed by atoms with E-state index in [9.17, 15) is 8.42 Å². The fourth-order valence-electron chi connectivity index (χ4n) is 2.10. The van der Waals surface area contributed by atoms with E-state index in [0.717, 1.165) is 38.1 Å². The van der Waals surface area contributed by atoms with E-state index in [1.807, 2.05) is 12.1 Å². The van der Waals surface area contributed by atoms with Crippen LogP contribution in [0.15, 0.2) is 24.3 Å². The first-order valence-corrected chi connectivity index (χ1v) is 8.13. The second kappa shape index (κ2) is 5.90. The second-order valence-electron chi connectivity index (χ2n) is 4.61. The predicted octanol–water partition coefficient (Wildman–Crippen LogP) is 1.42. The SMILES string of the molecule is CCN1CCO[C@@H](c2ccc(OS(C)(=O)=O)cc2)C1. The van der Waals surface area contributed by atoms with Crippen molar-refractivity contribution >= 4 is 10.1 Å². The van der Waals surface area contributed by atoms with Gasteiger partial charge in [0.15, 0.2) is 0 Å². The molecule has 1 aliphatic rings. The zero-order valence-corrected chi connectivity index (χ0v) is 12.0. The molecule has 0 saturated carbocycles. The van der Waals surface area contributed by atoms with Crippen LogP contribution in [0, 0.1) is 0 Å². The summed E-state index contributed by atoms with van der Waals surface area (Å²) in [6.45, 7) is 5.69. The molecule has 1 atom stereocenters. The van der Waals surface area contributed by atoms with Crippen molar-refractivity contribution in [3.63, 3.8) is 0 Å². The molecule has 19 heavy (non-hydrogen) atoms. The molecule has 0 bridgehead atoms. The lowest BCUT2D eigenvalue weighted by atomic mass is 10.1. The van der Waals surface area contributed by atoms with E-state index in [-0.39, 0.29) is 6.10 Å². The van der Waals surface area contributed by atoms with Crippen LogP contribution in [-0.4, -0.2) is 45.8 Å². The van der Waals surface area contributed by atoms with E-state index >= 15 is 0 Å². The molecule has 0 aromatic heterocycles. The first kappa shape index (κ1) is 14.3. The van der Waals surface area contributed by atoms with Crippen LogP contribution in [0.25, 0.3) is 0 Å². The Kier molecular flexibility index (Phi) is 4.44. The summed E-state index contributed by atoms with van der Waals surface area (Å²) in [6, 6.07) is 7.02. The van der Waals surface area contributed by atoms with Gasteiger partial charge in [-0.05, 0) is 24.2 Å². The molecule has 106 valence electrons. The average molecular weight is 285 g/mol. The molecule has 1 aromatic carbocycles. The molecule has 5 nitrogen and oxygen atoms in total. The lowest BCUT2D eigenvalue weighted by Gasteiger charge is -2.32. The standard InChI is InChI=1S/C13H19NO4S/c1-3-14-8-9-17-13(10-14)11-4-6-12(7-5-11)18-19(2,15)16/h4-7,13H,3,8-10H2,1-2H3/t13-/m1/s1. The van der Waals surface area contributed by atoms with Crippen LogP contribution in [0.2, 0.25) is 0 Å². The highest BCUT2D eigenvalue weighted by atomic mass is 32.2. The number of hydrogen-bond donors (Lipinski definition) is 0. The molecule has 0 aliphatic carbocycles. The van der Waals surface area contributed by atoms with Crippen LogP contribution < -0.4 is 4.18 Å².